The Balaban J connectivity index is 1.64. The van der Waals surface area contributed by atoms with Crippen LogP contribution < -0.4 is 0 Å². The SMILES string of the molecule is Cn1c(C(c2ccc(Cl)cc2)c2ccc3c(c2)c(-c2cccc(Cl)c2)cc2nnnn23)cnc1Cl. The first kappa shape index (κ1) is 22.0. The number of aromatic nitrogens is 6. The summed E-state index contributed by atoms with van der Waals surface area (Å²) in [4.78, 5) is 4.33. The summed E-state index contributed by atoms with van der Waals surface area (Å²) in [6, 6.07) is 23.9. The fourth-order valence-corrected chi connectivity index (χ4v) is 5.01. The molecule has 3 aromatic heterocycles. The van der Waals surface area contributed by atoms with Crippen LogP contribution in [0.4, 0.5) is 0 Å². The van der Waals surface area contributed by atoms with E-state index in [1.807, 2.05) is 78.5 Å². The van der Waals surface area contributed by atoms with Crippen molar-refractivity contribution in [2.24, 2.45) is 7.05 Å². The van der Waals surface area contributed by atoms with E-state index in [0.29, 0.717) is 21.0 Å². The molecule has 1 atom stereocenters. The Morgan fingerprint density at radius 1 is 0.829 bits per heavy atom. The van der Waals surface area contributed by atoms with E-state index in [1.165, 1.54) is 0 Å². The summed E-state index contributed by atoms with van der Waals surface area (Å²) in [5, 5.41) is 15.0. The molecule has 6 nitrogen and oxygen atoms in total. The summed E-state index contributed by atoms with van der Waals surface area (Å²) in [7, 11) is 1.91. The van der Waals surface area contributed by atoms with Crippen LogP contribution >= 0.6 is 34.8 Å². The van der Waals surface area contributed by atoms with Gasteiger partial charge >= 0.3 is 0 Å². The number of pyridine rings is 1. The third-order valence-electron chi connectivity index (χ3n) is 6.24. The fourth-order valence-electron chi connectivity index (χ4n) is 4.55. The standard InChI is InChI=1S/C26H17Cl3N6/c1-34-23(14-30-26(34)29)25(15-5-8-18(27)9-6-15)17-7-10-22-21(12-17)20(13-24-31-32-33-35(22)24)16-3-2-4-19(28)11-16/h2-14,25H,1H3. The van der Waals surface area contributed by atoms with Crippen molar-refractivity contribution in [2.45, 2.75) is 5.92 Å². The van der Waals surface area contributed by atoms with Gasteiger partial charge in [0, 0.05) is 22.5 Å². The number of imidazole rings is 1. The first-order chi connectivity index (χ1) is 17.0. The van der Waals surface area contributed by atoms with Crippen molar-refractivity contribution in [1.82, 2.24) is 29.6 Å². The molecule has 0 aliphatic rings. The van der Waals surface area contributed by atoms with Gasteiger partial charge in [0.2, 0.25) is 5.28 Å². The molecule has 9 heteroatoms. The van der Waals surface area contributed by atoms with Gasteiger partial charge in [-0.15, -0.1) is 5.10 Å². The Morgan fingerprint density at radius 2 is 1.63 bits per heavy atom. The van der Waals surface area contributed by atoms with Crippen LogP contribution in [0.3, 0.4) is 0 Å². The van der Waals surface area contributed by atoms with E-state index >= 15 is 0 Å². The maximum atomic E-state index is 6.34. The summed E-state index contributed by atoms with van der Waals surface area (Å²) in [6.45, 7) is 0. The molecular weight excluding hydrogens is 503 g/mol. The molecule has 3 aromatic carbocycles. The maximum Gasteiger partial charge on any atom is 0.202 e. The number of halogens is 3. The molecule has 6 aromatic rings. The van der Waals surface area contributed by atoms with Gasteiger partial charge in [0.25, 0.3) is 0 Å². The second-order valence-electron chi connectivity index (χ2n) is 8.29. The zero-order valence-corrected chi connectivity index (χ0v) is 20.7. The van der Waals surface area contributed by atoms with Crippen molar-refractivity contribution in [3.05, 3.63) is 111 Å². The minimum absolute atomic E-state index is 0.126. The number of nitrogens with zero attached hydrogens (tertiary/aromatic N) is 6. The van der Waals surface area contributed by atoms with Crippen molar-refractivity contribution in [2.75, 3.05) is 0 Å². The lowest BCUT2D eigenvalue weighted by Crippen LogP contribution is -2.09. The van der Waals surface area contributed by atoms with Crippen molar-refractivity contribution < 1.29 is 0 Å². The predicted octanol–water partition coefficient (Wildman–Crippen LogP) is 6.82. The Morgan fingerprint density at radius 3 is 2.37 bits per heavy atom. The highest BCUT2D eigenvalue weighted by atomic mass is 35.5. The molecule has 1 unspecified atom stereocenters. The minimum Gasteiger partial charge on any atom is -0.321 e. The van der Waals surface area contributed by atoms with Gasteiger partial charge in [-0.05, 0) is 86.7 Å². The van der Waals surface area contributed by atoms with Gasteiger partial charge < -0.3 is 4.57 Å². The monoisotopic (exact) mass is 518 g/mol. The maximum absolute atomic E-state index is 6.34. The van der Waals surface area contributed by atoms with E-state index in [4.69, 9.17) is 34.8 Å². The quantitative estimate of drug-likeness (QED) is 0.256. The molecule has 6 rings (SSSR count). The smallest absolute Gasteiger partial charge is 0.202 e. The van der Waals surface area contributed by atoms with Crippen LogP contribution in [0.1, 0.15) is 22.7 Å². The first-order valence-corrected chi connectivity index (χ1v) is 12.0. The number of tetrazole rings is 1. The van der Waals surface area contributed by atoms with Crippen LogP contribution in [0.25, 0.3) is 27.7 Å². The van der Waals surface area contributed by atoms with Crippen LogP contribution in [0, 0.1) is 0 Å². The second kappa shape index (κ2) is 8.64. The van der Waals surface area contributed by atoms with Crippen LogP contribution in [0.5, 0.6) is 0 Å². The molecule has 35 heavy (non-hydrogen) atoms. The molecule has 0 spiro atoms. The predicted molar refractivity (Wildman–Crippen MR) is 139 cm³/mol. The minimum atomic E-state index is -0.126. The Kier molecular flexibility index (Phi) is 5.44. The largest absolute Gasteiger partial charge is 0.321 e. The molecule has 0 amide bonds. The number of rotatable bonds is 4. The third-order valence-corrected chi connectivity index (χ3v) is 7.08. The molecule has 0 saturated heterocycles. The number of hydrogen-bond donors (Lipinski definition) is 0. The molecule has 3 heterocycles. The fraction of sp³-hybridized carbons (Fsp3) is 0.0769. The molecule has 0 aliphatic carbocycles. The highest BCUT2D eigenvalue weighted by Gasteiger charge is 2.23. The lowest BCUT2D eigenvalue weighted by molar-refractivity contribution is 0.794. The molecule has 172 valence electrons. The van der Waals surface area contributed by atoms with Gasteiger partial charge in [0.05, 0.1) is 23.3 Å². The highest BCUT2D eigenvalue weighted by molar-refractivity contribution is 6.31. The average molecular weight is 520 g/mol. The van der Waals surface area contributed by atoms with Gasteiger partial charge in [0.1, 0.15) is 0 Å². The van der Waals surface area contributed by atoms with Crippen molar-refractivity contribution in [3.8, 4) is 11.1 Å². The van der Waals surface area contributed by atoms with Gasteiger partial charge in [0.15, 0.2) is 5.65 Å². The Bertz CT molecular complexity index is 1700. The zero-order chi connectivity index (χ0) is 24.1. The Hall–Kier alpha value is -3.45. The van der Waals surface area contributed by atoms with E-state index in [9.17, 15) is 0 Å². The van der Waals surface area contributed by atoms with E-state index in [1.54, 1.807) is 4.52 Å². The highest BCUT2D eigenvalue weighted by Crippen LogP contribution is 2.38. The summed E-state index contributed by atoms with van der Waals surface area (Å²) in [5.74, 6) is -0.126. The molecule has 0 aliphatic heterocycles. The first-order valence-electron chi connectivity index (χ1n) is 10.8. The Labute approximate surface area is 215 Å². The number of hydrogen-bond acceptors (Lipinski definition) is 4. The van der Waals surface area contributed by atoms with Crippen LogP contribution in [-0.2, 0) is 7.05 Å². The molecule has 0 saturated carbocycles. The van der Waals surface area contributed by atoms with Gasteiger partial charge in [-0.2, -0.15) is 4.52 Å². The summed E-state index contributed by atoms with van der Waals surface area (Å²) in [5.41, 5.74) is 6.62. The second-order valence-corrected chi connectivity index (χ2v) is 9.50. The van der Waals surface area contributed by atoms with Crippen molar-refractivity contribution in [1.29, 1.82) is 0 Å². The molecular formula is C26H17Cl3N6. The van der Waals surface area contributed by atoms with E-state index in [0.717, 1.165) is 38.9 Å². The van der Waals surface area contributed by atoms with Gasteiger partial charge in [-0.25, -0.2) is 4.98 Å². The van der Waals surface area contributed by atoms with Gasteiger partial charge in [-0.1, -0.05) is 53.5 Å². The molecule has 0 fully saturated rings. The average Bonchev–Trinajstić information content (AvgIpc) is 3.47. The lowest BCUT2D eigenvalue weighted by atomic mass is 9.87. The topological polar surface area (TPSA) is 60.9 Å². The van der Waals surface area contributed by atoms with E-state index in [2.05, 4.69) is 32.6 Å². The molecule has 0 bridgehead atoms. The van der Waals surface area contributed by atoms with E-state index < -0.39 is 0 Å². The van der Waals surface area contributed by atoms with Crippen LogP contribution in [0.2, 0.25) is 15.3 Å². The number of fused-ring (bicyclic) bond motifs is 3. The van der Waals surface area contributed by atoms with Crippen molar-refractivity contribution in [3.63, 3.8) is 0 Å². The van der Waals surface area contributed by atoms with Gasteiger partial charge in [-0.3, -0.25) is 0 Å². The number of benzene rings is 3. The summed E-state index contributed by atoms with van der Waals surface area (Å²) >= 11 is 18.9. The summed E-state index contributed by atoms with van der Waals surface area (Å²) < 4.78 is 3.64. The van der Waals surface area contributed by atoms with Crippen LogP contribution in [0.15, 0.2) is 79.0 Å². The molecule has 0 radical (unpaired) electrons. The van der Waals surface area contributed by atoms with Crippen LogP contribution in [-0.4, -0.2) is 29.6 Å². The van der Waals surface area contributed by atoms with E-state index in [-0.39, 0.29) is 5.92 Å². The third kappa shape index (κ3) is 3.84. The zero-order valence-electron chi connectivity index (χ0n) is 18.4. The molecule has 0 N–H and O–H groups in total. The van der Waals surface area contributed by atoms with Crippen molar-refractivity contribution >= 4 is 51.4 Å². The lowest BCUT2D eigenvalue weighted by Gasteiger charge is -2.20. The summed E-state index contributed by atoms with van der Waals surface area (Å²) in [6.07, 6.45) is 1.81. The normalized spacial score (nSPS) is 12.5.